The predicted molar refractivity (Wildman–Crippen MR) is 78.0 cm³/mol. The van der Waals surface area contributed by atoms with Crippen LogP contribution in [-0.4, -0.2) is 21.8 Å². The second-order valence-corrected chi connectivity index (χ2v) is 6.14. The SMILES string of the molecule is O=C(O)C1(Cc2ccc(Br)cc2[N+](=O)[O-])CCCCC1=O. The molecule has 1 unspecified atom stereocenters. The zero-order chi connectivity index (χ0) is 15.6. The van der Waals surface area contributed by atoms with E-state index in [1.54, 1.807) is 6.07 Å². The zero-order valence-corrected chi connectivity index (χ0v) is 12.8. The van der Waals surface area contributed by atoms with Crippen molar-refractivity contribution in [1.82, 2.24) is 0 Å². The van der Waals surface area contributed by atoms with Crippen LogP contribution >= 0.6 is 15.9 Å². The molecule has 1 fully saturated rings. The number of hydrogen-bond acceptors (Lipinski definition) is 4. The summed E-state index contributed by atoms with van der Waals surface area (Å²) in [6.07, 6.45) is 1.63. The number of rotatable bonds is 4. The maximum atomic E-state index is 12.2. The Hall–Kier alpha value is -1.76. The molecule has 1 aromatic carbocycles. The van der Waals surface area contributed by atoms with E-state index in [4.69, 9.17) is 0 Å². The minimum absolute atomic E-state index is 0.134. The molecule has 21 heavy (non-hydrogen) atoms. The van der Waals surface area contributed by atoms with E-state index < -0.39 is 16.3 Å². The van der Waals surface area contributed by atoms with E-state index in [-0.39, 0.29) is 36.3 Å². The van der Waals surface area contributed by atoms with Gasteiger partial charge in [-0.2, -0.15) is 0 Å². The molecule has 0 saturated heterocycles. The van der Waals surface area contributed by atoms with Gasteiger partial charge in [0.15, 0.2) is 5.78 Å². The molecule has 1 N–H and O–H groups in total. The van der Waals surface area contributed by atoms with E-state index in [9.17, 15) is 24.8 Å². The van der Waals surface area contributed by atoms with Crippen LogP contribution in [0.1, 0.15) is 31.2 Å². The molecule has 7 heteroatoms. The van der Waals surface area contributed by atoms with Crippen LogP contribution in [0.25, 0.3) is 0 Å². The smallest absolute Gasteiger partial charge is 0.317 e. The summed E-state index contributed by atoms with van der Waals surface area (Å²) < 4.78 is 0.539. The first-order valence-electron chi connectivity index (χ1n) is 6.56. The summed E-state index contributed by atoms with van der Waals surface area (Å²) in [6, 6.07) is 4.46. The van der Waals surface area contributed by atoms with Crippen LogP contribution in [-0.2, 0) is 16.0 Å². The lowest BCUT2D eigenvalue weighted by molar-refractivity contribution is -0.385. The first kappa shape index (κ1) is 15.6. The van der Waals surface area contributed by atoms with Gasteiger partial charge in [0, 0.05) is 28.9 Å². The average molecular weight is 356 g/mol. The molecule has 0 amide bonds. The van der Waals surface area contributed by atoms with E-state index in [1.165, 1.54) is 12.1 Å². The number of nitro benzene ring substituents is 1. The van der Waals surface area contributed by atoms with E-state index in [2.05, 4.69) is 15.9 Å². The Labute approximate surface area is 129 Å². The van der Waals surface area contributed by atoms with E-state index in [1.807, 2.05) is 0 Å². The molecule has 0 aliphatic heterocycles. The topological polar surface area (TPSA) is 97.5 Å². The number of halogens is 1. The van der Waals surface area contributed by atoms with Crippen molar-refractivity contribution in [2.45, 2.75) is 32.1 Å². The molecule has 6 nitrogen and oxygen atoms in total. The van der Waals surface area contributed by atoms with Crippen LogP contribution in [0.15, 0.2) is 22.7 Å². The highest BCUT2D eigenvalue weighted by Gasteiger charge is 2.47. The number of carboxylic acids is 1. The summed E-state index contributed by atoms with van der Waals surface area (Å²) in [7, 11) is 0. The van der Waals surface area contributed by atoms with Gasteiger partial charge >= 0.3 is 5.97 Å². The van der Waals surface area contributed by atoms with Gasteiger partial charge in [-0.25, -0.2) is 0 Å². The number of nitro groups is 1. The third-order valence-corrected chi connectivity index (χ3v) is 4.43. The Kier molecular flexibility index (Phi) is 4.41. The number of carbonyl (C=O) groups is 2. The van der Waals surface area contributed by atoms with Crippen molar-refractivity contribution >= 4 is 33.4 Å². The fourth-order valence-corrected chi connectivity index (χ4v) is 3.11. The first-order chi connectivity index (χ1) is 9.86. The molecule has 0 radical (unpaired) electrons. The summed E-state index contributed by atoms with van der Waals surface area (Å²) in [4.78, 5) is 34.4. The fourth-order valence-electron chi connectivity index (χ4n) is 2.76. The number of carboxylic acid groups (broad SMARTS) is 1. The number of hydrogen-bond donors (Lipinski definition) is 1. The molecule has 0 aromatic heterocycles. The van der Waals surface area contributed by atoms with Crippen molar-refractivity contribution < 1.29 is 19.6 Å². The molecule has 112 valence electrons. The second kappa shape index (κ2) is 5.93. The van der Waals surface area contributed by atoms with Gasteiger partial charge < -0.3 is 5.11 Å². The number of benzene rings is 1. The summed E-state index contributed by atoms with van der Waals surface area (Å²) >= 11 is 3.16. The van der Waals surface area contributed by atoms with E-state index in [0.717, 1.165) is 0 Å². The molecule has 2 rings (SSSR count). The molecular weight excluding hydrogens is 342 g/mol. The van der Waals surface area contributed by atoms with Gasteiger partial charge in [0.1, 0.15) is 5.41 Å². The Morgan fingerprint density at radius 3 is 2.71 bits per heavy atom. The largest absolute Gasteiger partial charge is 0.480 e. The normalized spacial score (nSPS) is 22.0. The maximum Gasteiger partial charge on any atom is 0.317 e. The number of nitrogens with zero attached hydrogens (tertiary/aromatic N) is 1. The summed E-state index contributed by atoms with van der Waals surface area (Å²) in [5, 5.41) is 20.6. The zero-order valence-electron chi connectivity index (χ0n) is 11.2. The quantitative estimate of drug-likeness (QED) is 0.508. The Bertz CT molecular complexity index is 615. The van der Waals surface area contributed by atoms with Gasteiger partial charge in [0.2, 0.25) is 0 Å². The molecular formula is C14H14BrNO5. The Morgan fingerprint density at radius 2 is 2.14 bits per heavy atom. The van der Waals surface area contributed by atoms with Crippen molar-refractivity contribution in [2.24, 2.45) is 5.41 Å². The highest BCUT2D eigenvalue weighted by Crippen LogP contribution is 2.39. The standard InChI is InChI=1S/C14H14BrNO5/c15-10-5-4-9(11(7-10)16(20)21)8-14(13(18)19)6-2-1-3-12(14)17/h4-5,7H,1-3,6,8H2,(H,18,19). The highest BCUT2D eigenvalue weighted by atomic mass is 79.9. The Balaban J connectivity index is 2.45. The first-order valence-corrected chi connectivity index (χ1v) is 7.35. The summed E-state index contributed by atoms with van der Waals surface area (Å²) in [6.45, 7) is 0. The molecule has 1 aromatic rings. The van der Waals surface area contributed by atoms with Gasteiger partial charge in [0.25, 0.3) is 5.69 Å². The molecule has 0 spiro atoms. The van der Waals surface area contributed by atoms with Gasteiger partial charge in [-0.05, 0) is 18.9 Å². The number of ketones is 1. The number of carbonyl (C=O) groups excluding carboxylic acids is 1. The van der Waals surface area contributed by atoms with Crippen LogP contribution in [0, 0.1) is 15.5 Å². The predicted octanol–water partition coefficient (Wildman–Crippen LogP) is 3.11. The van der Waals surface area contributed by atoms with Crippen molar-refractivity contribution in [2.75, 3.05) is 0 Å². The van der Waals surface area contributed by atoms with E-state index >= 15 is 0 Å². The van der Waals surface area contributed by atoms with Crippen molar-refractivity contribution in [1.29, 1.82) is 0 Å². The minimum Gasteiger partial charge on any atom is -0.480 e. The molecule has 1 saturated carbocycles. The molecule has 1 aliphatic carbocycles. The molecule has 1 aliphatic rings. The van der Waals surface area contributed by atoms with Crippen LogP contribution < -0.4 is 0 Å². The lowest BCUT2D eigenvalue weighted by atomic mass is 9.69. The monoisotopic (exact) mass is 355 g/mol. The molecule has 0 heterocycles. The van der Waals surface area contributed by atoms with Gasteiger partial charge in [-0.1, -0.05) is 28.4 Å². The van der Waals surface area contributed by atoms with Crippen LogP contribution in [0.3, 0.4) is 0 Å². The second-order valence-electron chi connectivity index (χ2n) is 5.22. The lowest BCUT2D eigenvalue weighted by Crippen LogP contribution is -2.43. The summed E-state index contributed by atoms with van der Waals surface area (Å²) in [5.74, 6) is -1.53. The van der Waals surface area contributed by atoms with Crippen LogP contribution in [0.4, 0.5) is 5.69 Å². The highest BCUT2D eigenvalue weighted by molar-refractivity contribution is 9.10. The number of aliphatic carboxylic acids is 1. The molecule has 0 bridgehead atoms. The average Bonchev–Trinajstić information content (AvgIpc) is 2.42. The van der Waals surface area contributed by atoms with Crippen molar-refractivity contribution in [3.8, 4) is 0 Å². The van der Waals surface area contributed by atoms with Gasteiger partial charge in [-0.3, -0.25) is 19.7 Å². The van der Waals surface area contributed by atoms with Crippen molar-refractivity contribution in [3.05, 3.63) is 38.3 Å². The van der Waals surface area contributed by atoms with Gasteiger partial charge in [-0.15, -0.1) is 0 Å². The lowest BCUT2D eigenvalue weighted by Gasteiger charge is -2.31. The minimum atomic E-state index is -1.53. The third-order valence-electron chi connectivity index (χ3n) is 3.94. The summed E-state index contributed by atoms with van der Waals surface area (Å²) in [5.41, 5.74) is -1.42. The Morgan fingerprint density at radius 1 is 1.43 bits per heavy atom. The number of Topliss-reactive ketones (excluding diaryl/α,β-unsaturated/α-hetero) is 1. The van der Waals surface area contributed by atoms with Crippen LogP contribution in [0.2, 0.25) is 0 Å². The third kappa shape index (κ3) is 2.97. The van der Waals surface area contributed by atoms with Gasteiger partial charge in [0.05, 0.1) is 4.92 Å². The fraction of sp³-hybridized carbons (Fsp3) is 0.429. The van der Waals surface area contributed by atoms with Crippen LogP contribution in [0.5, 0.6) is 0 Å². The molecule has 1 atom stereocenters. The van der Waals surface area contributed by atoms with E-state index in [0.29, 0.717) is 17.3 Å². The maximum absolute atomic E-state index is 12.2. The van der Waals surface area contributed by atoms with Crippen molar-refractivity contribution in [3.63, 3.8) is 0 Å².